The van der Waals surface area contributed by atoms with Gasteiger partial charge >= 0.3 is 0 Å². The van der Waals surface area contributed by atoms with E-state index >= 15 is 0 Å². The molecule has 0 aromatic heterocycles. The second kappa shape index (κ2) is 14.5. The summed E-state index contributed by atoms with van der Waals surface area (Å²) in [6, 6.07) is 0. The molecule has 0 saturated carbocycles. The lowest BCUT2D eigenvalue weighted by molar-refractivity contribution is -0.305. The van der Waals surface area contributed by atoms with Crippen LogP contribution in [0.1, 0.15) is 77.6 Å². The Bertz CT molecular complexity index is 183. The molecule has 0 aliphatic carbocycles. The molecule has 0 bridgehead atoms. The Hall–Kier alpha value is -0.570. The van der Waals surface area contributed by atoms with Crippen molar-refractivity contribution in [3.63, 3.8) is 0 Å². The quantitative estimate of drug-likeness (QED) is 0.486. The number of aliphatic carboxylic acids is 1. The highest BCUT2D eigenvalue weighted by Gasteiger charge is 1.93. The van der Waals surface area contributed by atoms with Crippen molar-refractivity contribution in [1.29, 1.82) is 0 Å². The molecule has 3 heteroatoms. The van der Waals surface area contributed by atoms with Gasteiger partial charge in [0.1, 0.15) is 0 Å². The van der Waals surface area contributed by atoms with Crippen LogP contribution in [-0.2, 0) is 4.79 Å². The van der Waals surface area contributed by atoms with Gasteiger partial charge < -0.3 is 15.2 Å². The molecule has 0 fully saturated rings. The molecule has 3 nitrogen and oxygen atoms in total. The topological polar surface area (TPSA) is 52.2 Å². The maximum atomic E-state index is 10.1. The van der Waals surface area contributed by atoms with Crippen molar-refractivity contribution in [2.45, 2.75) is 77.6 Å². The van der Waals surface area contributed by atoms with Gasteiger partial charge in [-0.25, -0.2) is 0 Å². The van der Waals surface area contributed by atoms with E-state index in [-0.39, 0.29) is 6.42 Å². The Balaban J connectivity index is 2.92. The summed E-state index contributed by atoms with van der Waals surface area (Å²) in [7, 11) is 0. The van der Waals surface area contributed by atoms with Crippen LogP contribution in [0, 0.1) is 0 Å². The van der Waals surface area contributed by atoms with Crippen LogP contribution < -0.4 is 10.4 Å². The highest BCUT2D eigenvalue weighted by atomic mass is 16.4. The number of rotatable bonds is 14. The molecule has 0 rings (SSSR count). The molecule has 0 aromatic carbocycles. The third-order valence-electron chi connectivity index (χ3n) is 3.21. The first-order chi connectivity index (χ1) is 8.77. The molecule has 0 amide bonds. The van der Waals surface area contributed by atoms with E-state index in [1.807, 2.05) is 0 Å². The molecule has 18 heavy (non-hydrogen) atoms. The van der Waals surface area contributed by atoms with Gasteiger partial charge in [0.2, 0.25) is 0 Å². The molecule has 0 aromatic rings. The predicted octanol–water partition coefficient (Wildman–Crippen LogP) is 2.64. The van der Waals surface area contributed by atoms with Crippen molar-refractivity contribution in [3.05, 3.63) is 0 Å². The van der Waals surface area contributed by atoms with E-state index in [0.717, 1.165) is 13.0 Å². The summed E-state index contributed by atoms with van der Waals surface area (Å²) >= 11 is 0. The number of carbonyl (C=O) groups excluding carboxylic acids is 1. The van der Waals surface area contributed by atoms with E-state index in [4.69, 9.17) is 0 Å². The minimum Gasteiger partial charge on any atom is -0.550 e. The summed E-state index contributed by atoms with van der Waals surface area (Å²) in [5, 5.41) is 13.3. The lowest BCUT2D eigenvalue weighted by atomic mass is 10.1. The summed E-state index contributed by atoms with van der Waals surface area (Å²) < 4.78 is 0. The summed E-state index contributed by atoms with van der Waals surface area (Å²) in [5.74, 6) is -0.967. The Labute approximate surface area is 112 Å². The zero-order chi connectivity index (χ0) is 13.5. The minimum atomic E-state index is -0.967. The first-order valence-corrected chi connectivity index (χ1v) is 7.68. The number of unbranched alkanes of at least 4 members (excludes halogenated alkanes) is 9. The molecule has 0 unspecified atom stereocenters. The molecule has 0 heterocycles. The normalized spacial score (nSPS) is 10.7. The fourth-order valence-corrected chi connectivity index (χ4v) is 2.05. The Morgan fingerprint density at radius 3 is 1.83 bits per heavy atom. The third kappa shape index (κ3) is 15.4. The van der Waals surface area contributed by atoms with Gasteiger partial charge in [-0.1, -0.05) is 64.7 Å². The number of carboxylic acids is 1. The van der Waals surface area contributed by atoms with Gasteiger partial charge in [0.05, 0.1) is 0 Å². The number of hydrogen-bond acceptors (Lipinski definition) is 3. The van der Waals surface area contributed by atoms with Crippen molar-refractivity contribution in [1.82, 2.24) is 5.32 Å². The van der Waals surface area contributed by atoms with Crippen LogP contribution >= 0.6 is 0 Å². The molecule has 1 N–H and O–H groups in total. The van der Waals surface area contributed by atoms with Gasteiger partial charge in [-0.2, -0.15) is 0 Å². The Morgan fingerprint density at radius 2 is 1.33 bits per heavy atom. The van der Waals surface area contributed by atoms with Crippen molar-refractivity contribution in [3.8, 4) is 0 Å². The highest BCUT2D eigenvalue weighted by Crippen LogP contribution is 2.10. The summed E-state index contributed by atoms with van der Waals surface area (Å²) in [6.45, 7) is 3.73. The van der Waals surface area contributed by atoms with Gasteiger partial charge in [0.25, 0.3) is 0 Å². The lowest BCUT2D eigenvalue weighted by Crippen LogP contribution is -2.28. The third-order valence-corrected chi connectivity index (χ3v) is 3.21. The minimum absolute atomic E-state index is 0.123. The smallest absolute Gasteiger partial charge is 0.0426 e. The second-order valence-corrected chi connectivity index (χ2v) is 5.05. The molecule has 0 radical (unpaired) electrons. The SMILES string of the molecule is CCCCCCCCCCCCNCCC(=O)[O-]. The standard InChI is InChI=1S/C15H31NO2/c1-2-3-4-5-6-7-8-9-10-11-13-16-14-12-15(17)18/h16H,2-14H2,1H3,(H,17,18)/p-1. The maximum absolute atomic E-state index is 10.1. The Morgan fingerprint density at radius 1 is 0.833 bits per heavy atom. The van der Waals surface area contributed by atoms with Crippen LogP contribution in [0.25, 0.3) is 0 Å². The van der Waals surface area contributed by atoms with E-state index in [1.165, 1.54) is 57.8 Å². The molecular formula is C15H30NO2-. The van der Waals surface area contributed by atoms with Crippen molar-refractivity contribution < 1.29 is 9.90 Å². The summed E-state index contributed by atoms with van der Waals surface area (Å²) in [4.78, 5) is 10.1. The zero-order valence-corrected chi connectivity index (χ0v) is 12.0. The van der Waals surface area contributed by atoms with Crippen LogP contribution in [0.5, 0.6) is 0 Å². The van der Waals surface area contributed by atoms with Gasteiger partial charge in [0.15, 0.2) is 0 Å². The Kier molecular flexibility index (Phi) is 14.0. The van der Waals surface area contributed by atoms with E-state index in [1.54, 1.807) is 0 Å². The average molecular weight is 256 g/mol. The fraction of sp³-hybridized carbons (Fsp3) is 0.933. The number of nitrogens with one attached hydrogen (secondary N) is 1. The number of hydrogen-bond donors (Lipinski definition) is 1. The second-order valence-electron chi connectivity index (χ2n) is 5.05. The molecule has 0 saturated heterocycles. The maximum Gasteiger partial charge on any atom is 0.0426 e. The predicted molar refractivity (Wildman–Crippen MR) is 74.3 cm³/mol. The van der Waals surface area contributed by atoms with Crippen LogP contribution in [0.3, 0.4) is 0 Å². The van der Waals surface area contributed by atoms with Crippen LogP contribution in [-0.4, -0.2) is 19.1 Å². The largest absolute Gasteiger partial charge is 0.550 e. The van der Waals surface area contributed by atoms with E-state index < -0.39 is 5.97 Å². The molecule has 0 atom stereocenters. The lowest BCUT2D eigenvalue weighted by Gasteiger charge is -2.05. The summed E-state index contributed by atoms with van der Waals surface area (Å²) in [6.07, 6.45) is 13.5. The molecular weight excluding hydrogens is 226 g/mol. The monoisotopic (exact) mass is 256 g/mol. The van der Waals surface area contributed by atoms with Crippen molar-refractivity contribution >= 4 is 5.97 Å². The van der Waals surface area contributed by atoms with Gasteiger partial charge in [-0.3, -0.25) is 0 Å². The first-order valence-electron chi connectivity index (χ1n) is 7.68. The first kappa shape index (κ1) is 17.4. The van der Waals surface area contributed by atoms with Crippen molar-refractivity contribution in [2.75, 3.05) is 13.1 Å². The van der Waals surface area contributed by atoms with Crippen LogP contribution in [0.2, 0.25) is 0 Å². The van der Waals surface area contributed by atoms with Crippen molar-refractivity contribution in [2.24, 2.45) is 0 Å². The zero-order valence-electron chi connectivity index (χ0n) is 12.0. The average Bonchev–Trinajstić information content (AvgIpc) is 2.34. The van der Waals surface area contributed by atoms with Crippen LogP contribution in [0.15, 0.2) is 0 Å². The van der Waals surface area contributed by atoms with Crippen LogP contribution in [0.4, 0.5) is 0 Å². The van der Waals surface area contributed by atoms with Gasteiger partial charge in [-0.05, 0) is 19.4 Å². The summed E-state index contributed by atoms with van der Waals surface area (Å²) in [5.41, 5.74) is 0. The van der Waals surface area contributed by atoms with E-state index in [9.17, 15) is 9.90 Å². The fourth-order valence-electron chi connectivity index (χ4n) is 2.05. The molecule has 0 aliphatic heterocycles. The molecule has 0 spiro atoms. The van der Waals surface area contributed by atoms with E-state index in [2.05, 4.69) is 12.2 Å². The molecule has 108 valence electrons. The van der Waals surface area contributed by atoms with Gasteiger partial charge in [0, 0.05) is 12.5 Å². The van der Waals surface area contributed by atoms with Gasteiger partial charge in [-0.15, -0.1) is 0 Å². The number of carboxylic acid groups (broad SMARTS) is 1. The number of carbonyl (C=O) groups is 1. The highest BCUT2D eigenvalue weighted by molar-refractivity contribution is 5.64. The van der Waals surface area contributed by atoms with E-state index in [0.29, 0.717) is 6.54 Å². The molecule has 0 aliphatic rings.